The standard InChI is InChI=1S/C32H59N4O3/c1-22(2)35(19-17-33-18-20-36(6,7)8)30(38)39-34-23(3)27-11-12-28-26-10-9-24-21-25(37)13-15-31(24,4)29(26)14-16-32(27,28)5/h22,24-29,33,37H,9-21H2,1-8H3/q+1/b34-23+/t24-,25+,26-,27+,28-,29-,31-,32+/m0/s1. The molecule has 4 aliphatic carbocycles. The van der Waals surface area contributed by atoms with Gasteiger partial charge < -0.3 is 19.8 Å². The van der Waals surface area contributed by atoms with Crippen molar-refractivity contribution in [1.82, 2.24) is 10.2 Å². The molecule has 0 saturated heterocycles. The van der Waals surface area contributed by atoms with Gasteiger partial charge in [0.25, 0.3) is 0 Å². The van der Waals surface area contributed by atoms with E-state index in [0.29, 0.717) is 23.8 Å². The Labute approximate surface area is 238 Å². The van der Waals surface area contributed by atoms with E-state index in [1.165, 1.54) is 38.5 Å². The van der Waals surface area contributed by atoms with Crippen LogP contribution in [0.1, 0.15) is 92.4 Å². The maximum Gasteiger partial charge on any atom is 0.436 e. The normalized spacial score (nSPS) is 38.7. The summed E-state index contributed by atoms with van der Waals surface area (Å²) in [6.45, 7) is 14.6. The summed E-state index contributed by atoms with van der Waals surface area (Å²) in [5, 5.41) is 18.3. The highest BCUT2D eigenvalue weighted by molar-refractivity contribution is 5.85. The van der Waals surface area contributed by atoms with E-state index in [1.807, 2.05) is 13.8 Å². The fourth-order valence-electron chi connectivity index (χ4n) is 9.45. The topological polar surface area (TPSA) is 74.2 Å². The zero-order chi connectivity index (χ0) is 28.6. The summed E-state index contributed by atoms with van der Waals surface area (Å²) in [4.78, 5) is 20.4. The molecule has 7 nitrogen and oxygen atoms in total. The first-order chi connectivity index (χ1) is 18.3. The number of carbonyl (C=O) groups is 1. The van der Waals surface area contributed by atoms with Gasteiger partial charge in [-0.15, -0.1) is 0 Å². The number of carbonyl (C=O) groups excluding carboxylic acids is 1. The Balaban J connectivity index is 1.35. The number of aliphatic hydroxyl groups is 1. The second-order valence-electron chi connectivity index (χ2n) is 15.4. The van der Waals surface area contributed by atoms with Gasteiger partial charge in [-0.2, -0.15) is 0 Å². The number of hydrogen-bond acceptors (Lipinski definition) is 5. The van der Waals surface area contributed by atoms with Crippen LogP contribution in [0.2, 0.25) is 0 Å². The number of aliphatic hydroxyl groups excluding tert-OH is 1. The number of amides is 1. The maximum atomic E-state index is 13.0. The van der Waals surface area contributed by atoms with Crippen LogP contribution in [0.25, 0.3) is 0 Å². The van der Waals surface area contributed by atoms with Gasteiger partial charge in [0.15, 0.2) is 0 Å². The highest BCUT2D eigenvalue weighted by Gasteiger charge is 2.60. The molecule has 0 aliphatic heterocycles. The third-order valence-corrected chi connectivity index (χ3v) is 11.8. The number of nitrogens with zero attached hydrogens (tertiary/aromatic N) is 3. The van der Waals surface area contributed by atoms with Crippen LogP contribution in [-0.2, 0) is 4.84 Å². The molecule has 0 unspecified atom stereocenters. The second-order valence-corrected chi connectivity index (χ2v) is 15.4. The van der Waals surface area contributed by atoms with Gasteiger partial charge in [-0.3, -0.25) is 4.84 Å². The minimum absolute atomic E-state index is 0.0641. The molecule has 4 aliphatic rings. The van der Waals surface area contributed by atoms with Gasteiger partial charge >= 0.3 is 6.09 Å². The molecule has 0 aromatic rings. The summed E-state index contributed by atoms with van der Waals surface area (Å²) < 4.78 is 0.920. The van der Waals surface area contributed by atoms with Crippen molar-refractivity contribution in [2.45, 2.75) is 105 Å². The molecule has 0 radical (unpaired) electrons. The predicted octanol–water partition coefficient (Wildman–Crippen LogP) is 5.52. The molecule has 4 saturated carbocycles. The van der Waals surface area contributed by atoms with E-state index in [4.69, 9.17) is 4.84 Å². The zero-order valence-electron chi connectivity index (χ0n) is 26.3. The molecule has 4 fully saturated rings. The van der Waals surface area contributed by atoms with Crippen LogP contribution in [0.15, 0.2) is 5.16 Å². The number of oxime groups is 1. The summed E-state index contributed by atoms with van der Waals surface area (Å²) in [7, 11) is 6.56. The molecular weight excluding hydrogens is 488 g/mol. The lowest BCUT2D eigenvalue weighted by Gasteiger charge is -2.61. The van der Waals surface area contributed by atoms with Gasteiger partial charge in [0, 0.05) is 31.6 Å². The highest BCUT2D eigenvalue weighted by Crippen LogP contribution is 2.67. The van der Waals surface area contributed by atoms with E-state index in [9.17, 15) is 9.90 Å². The molecule has 0 aromatic carbocycles. The Bertz CT molecular complexity index is 885. The number of fused-ring (bicyclic) bond motifs is 5. The van der Waals surface area contributed by atoms with Crippen LogP contribution in [0, 0.1) is 40.4 Å². The van der Waals surface area contributed by atoms with Crippen molar-refractivity contribution in [1.29, 1.82) is 0 Å². The fourth-order valence-corrected chi connectivity index (χ4v) is 9.45. The molecule has 0 heterocycles. The molecule has 7 heteroatoms. The molecule has 39 heavy (non-hydrogen) atoms. The summed E-state index contributed by atoms with van der Waals surface area (Å²) in [5.74, 6) is 3.41. The first-order valence-corrected chi connectivity index (χ1v) is 16.0. The highest BCUT2D eigenvalue weighted by atomic mass is 16.7. The Morgan fingerprint density at radius 3 is 2.41 bits per heavy atom. The SMILES string of the molecule is C/C(=N\OC(=O)N(CCNCC[N+](C)(C)C)C(C)C)[C@H]1CC[C@H]2[C@@H]3CC[C@H]4C[C@H](O)CC[C@]4(C)[C@H]3CC[C@]12C. The van der Waals surface area contributed by atoms with Crippen LogP contribution in [0.4, 0.5) is 4.79 Å². The molecule has 4 rings (SSSR count). The Hall–Kier alpha value is -1.18. The smallest absolute Gasteiger partial charge is 0.393 e. The van der Waals surface area contributed by atoms with Crippen molar-refractivity contribution in [3.8, 4) is 0 Å². The lowest BCUT2D eigenvalue weighted by Crippen LogP contribution is -2.54. The number of likely N-dealkylation sites (N-methyl/N-ethyl adjacent to an activating group) is 1. The lowest BCUT2D eigenvalue weighted by atomic mass is 9.44. The van der Waals surface area contributed by atoms with E-state index >= 15 is 0 Å². The number of rotatable bonds is 9. The minimum Gasteiger partial charge on any atom is -0.393 e. The zero-order valence-corrected chi connectivity index (χ0v) is 26.3. The second kappa shape index (κ2) is 12.0. The Morgan fingerprint density at radius 2 is 1.72 bits per heavy atom. The van der Waals surface area contributed by atoms with Gasteiger partial charge in [-0.05, 0) is 113 Å². The van der Waals surface area contributed by atoms with E-state index in [-0.39, 0.29) is 23.7 Å². The van der Waals surface area contributed by atoms with Gasteiger partial charge in [0.05, 0.1) is 39.5 Å². The third kappa shape index (κ3) is 6.51. The third-order valence-electron chi connectivity index (χ3n) is 11.8. The Kier molecular flexibility index (Phi) is 9.45. The fraction of sp³-hybridized carbons (Fsp3) is 0.938. The molecule has 0 spiro atoms. The van der Waals surface area contributed by atoms with Gasteiger partial charge in [0.1, 0.15) is 0 Å². The summed E-state index contributed by atoms with van der Waals surface area (Å²) in [6.07, 6.45) is 10.3. The molecular formula is C32H59N4O3+. The van der Waals surface area contributed by atoms with Crippen LogP contribution < -0.4 is 5.32 Å². The van der Waals surface area contributed by atoms with Gasteiger partial charge in [0.2, 0.25) is 0 Å². The van der Waals surface area contributed by atoms with E-state index in [0.717, 1.165) is 66.8 Å². The number of nitrogens with one attached hydrogen (secondary N) is 1. The van der Waals surface area contributed by atoms with Crippen LogP contribution in [-0.4, -0.2) is 85.8 Å². The largest absolute Gasteiger partial charge is 0.436 e. The quantitative estimate of drug-likeness (QED) is 0.131. The van der Waals surface area contributed by atoms with Crippen molar-refractivity contribution >= 4 is 11.8 Å². The van der Waals surface area contributed by atoms with Gasteiger partial charge in [-0.25, -0.2) is 4.79 Å². The van der Waals surface area contributed by atoms with Crippen molar-refractivity contribution in [2.75, 3.05) is 47.3 Å². The van der Waals surface area contributed by atoms with E-state index < -0.39 is 0 Å². The molecule has 0 aromatic heterocycles. The van der Waals surface area contributed by atoms with Crippen LogP contribution in [0.5, 0.6) is 0 Å². The van der Waals surface area contributed by atoms with Crippen molar-refractivity contribution in [3.63, 3.8) is 0 Å². The van der Waals surface area contributed by atoms with Crippen LogP contribution >= 0.6 is 0 Å². The summed E-state index contributed by atoms with van der Waals surface area (Å²) >= 11 is 0. The lowest BCUT2D eigenvalue weighted by molar-refractivity contribution is -0.869. The van der Waals surface area contributed by atoms with Gasteiger partial charge in [-0.1, -0.05) is 19.0 Å². The van der Waals surface area contributed by atoms with Crippen LogP contribution in [0.3, 0.4) is 0 Å². The van der Waals surface area contributed by atoms with E-state index in [1.54, 1.807) is 4.90 Å². The van der Waals surface area contributed by atoms with E-state index in [2.05, 4.69) is 52.4 Å². The molecule has 224 valence electrons. The average Bonchev–Trinajstić information content (AvgIpc) is 3.21. The first-order valence-electron chi connectivity index (χ1n) is 16.0. The van der Waals surface area contributed by atoms with Crippen molar-refractivity contribution in [3.05, 3.63) is 0 Å². The molecule has 2 N–H and O–H groups in total. The Morgan fingerprint density at radius 1 is 1.03 bits per heavy atom. The van der Waals surface area contributed by atoms with Crippen molar-refractivity contribution < 1.29 is 19.2 Å². The summed E-state index contributed by atoms with van der Waals surface area (Å²) in [6, 6.07) is 0.0641. The molecule has 0 bridgehead atoms. The monoisotopic (exact) mass is 547 g/mol. The summed E-state index contributed by atoms with van der Waals surface area (Å²) in [5.41, 5.74) is 1.64. The minimum atomic E-state index is -0.341. The van der Waals surface area contributed by atoms with Crippen molar-refractivity contribution in [2.24, 2.45) is 45.6 Å². The maximum absolute atomic E-state index is 13.0. The first kappa shape index (κ1) is 30.8. The molecule has 1 amide bonds. The average molecular weight is 548 g/mol. The number of quaternary nitrogens is 1. The predicted molar refractivity (Wildman–Crippen MR) is 158 cm³/mol. The number of hydrogen-bond donors (Lipinski definition) is 2. The molecule has 8 atom stereocenters.